The molecule has 0 unspecified atom stereocenters. The maximum atomic E-state index is 11.6. The Balaban J connectivity index is 0.00000272. The van der Waals surface area contributed by atoms with E-state index in [1.54, 1.807) is 18.2 Å². The lowest BCUT2D eigenvalue weighted by Crippen LogP contribution is -3.00. The van der Waals surface area contributed by atoms with E-state index in [1.807, 2.05) is 48.1 Å². The van der Waals surface area contributed by atoms with Gasteiger partial charge in [-0.3, -0.25) is 10.1 Å². The van der Waals surface area contributed by atoms with Crippen molar-refractivity contribution in [3.05, 3.63) is 110 Å². The van der Waals surface area contributed by atoms with E-state index in [1.165, 1.54) is 18.2 Å². The largest absolute Gasteiger partial charge is 1.00 e. The number of aromatic nitrogens is 1. The molecule has 0 spiro atoms. The first-order valence-electron chi connectivity index (χ1n) is 9.36. The SMILES string of the molecule is Cc1cc(=O)oc2cc(OCc3cc[n+](Cc4ccc([N+](=O)[O-])cc4)cc3)ccc12.[Br-]. The predicted molar refractivity (Wildman–Crippen MR) is 110 cm³/mol. The smallest absolute Gasteiger partial charge is 0.336 e. The molecule has 2 aromatic heterocycles. The minimum Gasteiger partial charge on any atom is -1.00 e. The normalized spacial score (nSPS) is 10.5. The maximum absolute atomic E-state index is 11.6. The number of nitro groups is 1. The highest BCUT2D eigenvalue weighted by Crippen LogP contribution is 2.22. The molecule has 0 fully saturated rings. The van der Waals surface area contributed by atoms with Gasteiger partial charge in [-0.05, 0) is 36.8 Å². The molecule has 0 amide bonds. The third-order valence-electron chi connectivity index (χ3n) is 4.80. The Morgan fingerprint density at radius 2 is 1.71 bits per heavy atom. The summed E-state index contributed by atoms with van der Waals surface area (Å²) >= 11 is 0. The first-order valence-corrected chi connectivity index (χ1v) is 9.36. The van der Waals surface area contributed by atoms with Crippen molar-refractivity contribution >= 4 is 16.7 Å². The Labute approximate surface area is 188 Å². The molecule has 7 nitrogen and oxygen atoms in total. The Hall–Kier alpha value is -3.52. The number of hydrogen-bond donors (Lipinski definition) is 0. The molecule has 0 bridgehead atoms. The van der Waals surface area contributed by atoms with E-state index < -0.39 is 4.92 Å². The molecule has 4 aromatic rings. The number of fused-ring (bicyclic) bond motifs is 1. The van der Waals surface area contributed by atoms with Gasteiger partial charge in [-0.1, -0.05) is 0 Å². The summed E-state index contributed by atoms with van der Waals surface area (Å²) in [6.07, 6.45) is 3.87. The van der Waals surface area contributed by atoms with Gasteiger partial charge < -0.3 is 26.1 Å². The Kier molecular flexibility index (Phi) is 6.81. The first-order chi connectivity index (χ1) is 14.5. The van der Waals surface area contributed by atoms with Crippen molar-refractivity contribution in [2.24, 2.45) is 0 Å². The summed E-state index contributed by atoms with van der Waals surface area (Å²) in [5.41, 5.74) is 3.04. The fraction of sp³-hybridized carbons (Fsp3) is 0.130. The number of hydrogen-bond acceptors (Lipinski definition) is 5. The van der Waals surface area contributed by atoms with Crippen LogP contribution in [0.1, 0.15) is 16.7 Å². The molecule has 0 aliphatic rings. The van der Waals surface area contributed by atoms with Crippen LogP contribution in [0.25, 0.3) is 11.0 Å². The maximum Gasteiger partial charge on any atom is 0.336 e. The predicted octanol–water partition coefficient (Wildman–Crippen LogP) is 0.928. The van der Waals surface area contributed by atoms with Gasteiger partial charge in [-0.15, -0.1) is 0 Å². The lowest BCUT2D eigenvalue weighted by molar-refractivity contribution is -0.688. The van der Waals surface area contributed by atoms with Gasteiger partial charge in [0.25, 0.3) is 5.69 Å². The fourth-order valence-electron chi connectivity index (χ4n) is 3.19. The molecule has 0 atom stereocenters. The van der Waals surface area contributed by atoms with E-state index in [2.05, 4.69) is 0 Å². The van der Waals surface area contributed by atoms with Crippen LogP contribution in [-0.2, 0) is 13.2 Å². The molecule has 2 aromatic carbocycles. The van der Waals surface area contributed by atoms with E-state index >= 15 is 0 Å². The number of halogens is 1. The van der Waals surface area contributed by atoms with Crippen molar-refractivity contribution in [1.29, 1.82) is 0 Å². The summed E-state index contributed by atoms with van der Waals surface area (Å²) in [6, 6.07) is 17.4. The number of aryl methyl sites for hydroxylation is 1. The van der Waals surface area contributed by atoms with Gasteiger partial charge in [0.15, 0.2) is 18.9 Å². The van der Waals surface area contributed by atoms with E-state index in [-0.39, 0.29) is 28.3 Å². The summed E-state index contributed by atoms with van der Waals surface area (Å²) in [5.74, 6) is 0.624. The van der Waals surface area contributed by atoms with Crippen LogP contribution >= 0.6 is 0 Å². The van der Waals surface area contributed by atoms with Crippen LogP contribution in [0.15, 0.2) is 82.3 Å². The van der Waals surface area contributed by atoms with Crippen molar-refractivity contribution < 1.29 is 35.6 Å². The molecule has 0 saturated carbocycles. The first kappa shape index (κ1) is 22.2. The Morgan fingerprint density at radius 3 is 2.39 bits per heavy atom. The molecule has 4 rings (SSSR count). The number of benzene rings is 2. The summed E-state index contributed by atoms with van der Waals surface area (Å²) in [7, 11) is 0. The monoisotopic (exact) mass is 482 g/mol. The Bertz CT molecular complexity index is 1270. The van der Waals surface area contributed by atoms with Crippen LogP contribution in [-0.4, -0.2) is 4.92 Å². The van der Waals surface area contributed by atoms with Crippen LogP contribution in [0.2, 0.25) is 0 Å². The number of rotatable bonds is 6. The summed E-state index contributed by atoms with van der Waals surface area (Å²) in [6.45, 7) is 2.86. The fourth-order valence-corrected chi connectivity index (χ4v) is 3.19. The molecule has 0 saturated heterocycles. The average Bonchev–Trinajstić information content (AvgIpc) is 2.73. The standard InChI is InChI=1S/C23H19N2O5.BrH/c1-16-12-23(26)30-22-13-20(6-7-21(16)22)29-15-18-8-10-24(11-9-18)14-17-2-4-19(5-3-17)25(27)28;/h2-13H,14-15H2,1H3;1H/q+1;/p-1. The number of nitrogens with zero attached hydrogens (tertiary/aromatic N) is 2. The number of ether oxygens (including phenoxy) is 1. The lowest BCUT2D eigenvalue weighted by atomic mass is 10.1. The van der Waals surface area contributed by atoms with Gasteiger partial charge >= 0.3 is 5.63 Å². The van der Waals surface area contributed by atoms with E-state index in [4.69, 9.17) is 9.15 Å². The van der Waals surface area contributed by atoms with Crippen LogP contribution in [0.3, 0.4) is 0 Å². The number of pyridine rings is 1. The zero-order chi connectivity index (χ0) is 21.1. The highest BCUT2D eigenvalue weighted by Gasteiger charge is 2.08. The number of non-ortho nitro benzene ring substituents is 1. The molecule has 0 radical (unpaired) electrons. The Morgan fingerprint density at radius 1 is 1.00 bits per heavy atom. The highest BCUT2D eigenvalue weighted by atomic mass is 79.9. The lowest BCUT2D eigenvalue weighted by Gasteiger charge is -2.07. The van der Waals surface area contributed by atoms with Crippen LogP contribution in [0.5, 0.6) is 5.75 Å². The molecule has 31 heavy (non-hydrogen) atoms. The van der Waals surface area contributed by atoms with E-state index in [0.29, 0.717) is 24.5 Å². The van der Waals surface area contributed by atoms with Gasteiger partial charge in [0, 0.05) is 52.9 Å². The minimum absolute atomic E-state index is 0. The van der Waals surface area contributed by atoms with E-state index in [9.17, 15) is 14.9 Å². The molecule has 0 aliphatic heterocycles. The molecular formula is C23H19BrN2O5. The van der Waals surface area contributed by atoms with Crippen molar-refractivity contribution in [1.82, 2.24) is 0 Å². The minimum atomic E-state index is -0.407. The van der Waals surface area contributed by atoms with Gasteiger partial charge in [0.2, 0.25) is 0 Å². The second-order valence-electron chi connectivity index (χ2n) is 7.00. The quantitative estimate of drug-likeness (QED) is 0.176. The summed E-state index contributed by atoms with van der Waals surface area (Å²) in [5, 5.41) is 11.6. The topological polar surface area (TPSA) is 86.5 Å². The van der Waals surface area contributed by atoms with Crippen molar-refractivity contribution in [3.63, 3.8) is 0 Å². The number of nitro benzene ring substituents is 1. The molecular weight excluding hydrogens is 464 g/mol. The zero-order valence-corrected chi connectivity index (χ0v) is 18.2. The van der Waals surface area contributed by atoms with E-state index in [0.717, 1.165) is 22.1 Å². The average molecular weight is 483 g/mol. The van der Waals surface area contributed by atoms with Gasteiger partial charge in [-0.2, -0.15) is 0 Å². The molecule has 158 valence electrons. The second kappa shape index (κ2) is 9.53. The summed E-state index contributed by atoms with van der Waals surface area (Å²) < 4.78 is 13.1. The van der Waals surface area contributed by atoms with Crippen molar-refractivity contribution in [2.75, 3.05) is 0 Å². The third-order valence-corrected chi connectivity index (χ3v) is 4.80. The molecule has 0 aliphatic carbocycles. The van der Waals surface area contributed by atoms with Crippen molar-refractivity contribution in [3.8, 4) is 5.75 Å². The van der Waals surface area contributed by atoms with Crippen LogP contribution < -0.4 is 31.9 Å². The highest BCUT2D eigenvalue weighted by molar-refractivity contribution is 5.81. The van der Waals surface area contributed by atoms with Gasteiger partial charge in [0.05, 0.1) is 4.92 Å². The molecule has 2 heterocycles. The second-order valence-corrected chi connectivity index (χ2v) is 7.00. The zero-order valence-electron chi connectivity index (χ0n) is 16.7. The van der Waals surface area contributed by atoms with Crippen molar-refractivity contribution in [2.45, 2.75) is 20.1 Å². The molecule has 8 heteroatoms. The van der Waals surface area contributed by atoms with Crippen LogP contribution in [0.4, 0.5) is 5.69 Å². The van der Waals surface area contributed by atoms with Gasteiger partial charge in [0.1, 0.15) is 17.9 Å². The third kappa shape index (κ3) is 5.35. The van der Waals surface area contributed by atoms with Crippen LogP contribution in [0, 0.1) is 17.0 Å². The van der Waals surface area contributed by atoms with Gasteiger partial charge in [-0.25, -0.2) is 9.36 Å². The summed E-state index contributed by atoms with van der Waals surface area (Å²) in [4.78, 5) is 21.9. The molecule has 0 N–H and O–H groups in total.